The molecule has 1 aliphatic carbocycles. The number of hydrogen-bond acceptors (Lipinski definition) is 6. The van der Waals surface area contributed by atoms with E-state index in [4.69, 9.17) is 11.5 Å². The fraction of sp³-hybridized carbons (Fsp3) is 0.462. The molecule has 0 unspecified atom stereocenters. The number of carbonyl (C=O) groups excluding carboxylic acids is 2. The Morgan fingerprint density at radius 1 is 0.625 bits per heavy atom. The van der Waals surface area contributed by atoms with Gasteiger partial charge in [-0.15, -0.1) is 0 Å². The normalized spacial score (nSPS) is 12.7. The van der Waals surface area contributed by atoms with Crippen molar-refractivity contribution in [2.45, 2.75) is 78.1 Å². The summed E-state index contributed by atoms with van der Waals surface area (Å²) in [5.41, 5.74) is 13.4. The van der Waals surface area contributed by atoms with Crippen molar-refractivity contribution >= 4 is 22.9 Å². The van der Waals surface area contributed by atoms with Gasteiger partial charge in [0.2, 0.25) is 5.78 Å². The van der Waals surface area contributed by atoms with Crippen LogP contribution in [0.15, 0.2) is 12.1 Å². The third-order valence-corrected chi connectivity index (χ3v) is 6.33. The summed E-state index contributed by atoms with van der Waals surface area (Å²) in [6.45, 7) is 4.23. The van der Waals surface area contributed by atoms with Crippen molar-refractivity contribution in [3.63, 3.8) is 0 Å². The maximum Gasteiger partial charge on any atom is 0.202 e. The highest BCUT2D eigenvalue weighted by atomic mass is 16.3. The van der Waals surface area contributed by atoms with Gasteiger partial charge >= 0.3 is 0 Å². The Morgan fingerprint density at radius 2 is 1.00 bits per heavy atom. The Labute approximate surface area is 189 Å². The number of nitrogen functional groups attached to an aromatic ring is 2. The molecule has 0 aliphatic heterocycles. The zero-order valence-electron chi connectivity index (χ0n) is 19.1. The Morgan fingerprint density at radius 3 is 1.38 bits per heavy atom. The van der Waals surface area contributed by atoms with E-state index >= 15 is 0 Å². The number of nitrogens with two attached hydrogens (primary N) is 2. The molecule has 0 spiro atoms. The first-order chi connectivity index (χ1) is 15.3. The van der Waals surface area contributed by atoms with Gasteiger partial charge in [-0.05, 0) is 48.9 Å². The molecule has 2 aromatic rings. The fourth-order valence-corrected chi connectivity index (χ4v) is 4.55. The van der Waals surface area contributed by atoms with Crippen molar-refractivity contribution in [3.8, 4) is 11.5 Å². The van der Waals surface area contributed by atoms with Crippen LogP contribution in [0.3, 0.4) is 0 Å². The molecule has 0 aromatic heterocycles. The van der Waals surface area contributed by atoms with Crippen LogP contribution in [0, 0.1) is 0 Å². The van der Waals surface area contributed by atoms with Gasteiger partial charge in [0.15, 0.2) is 5.78 Å². The predicted molar refractivity (Wildman–Crippen MR) is 128 cm³/mol. The molecule has 0 bridgehead atoms. The number of hydrogen-bond donors (Lipinski definition) is 4. The first-order valence-corrected chi connectivity index (χ1v) is 11.7. The molecule has 172 valence electrons. The van der Waals surface area contributed by atoms with Crippen molar-refractivity contribution in [1.29, 1.82) is 0 Å². The van der Waals surface area contributed by atoms with Crippen LogP contribution in [0.2, 0.25) is 0 Å². The smallest absolute Gasteiger partial charge is 0.202 e. The summed E-state index contributed by atoms with van der Waals surface area (Å²) < 4.78 is 0. The maximum absolute atomic E-state index is 13.5. The molecule has 6 N–H and O–H groups in total. The van der Waals surface area contributed by atoms with E-state index in [1.54, 1.807) is 12.1 Å². The van der Waals surface area contributed by atoms with Crippen molar-refractivity contribution < 1.29 is 19.8 Å². The molecule has 3 rings (SSSR count). The van der Waals surface area contributed by atoms with E-state index in [0.717, 1.165) is 51.4 Å². The molecule has 0 atom stereocenters. The number of carbonyl (C=O) groups is 2. The van der Waals surface area contributed by atoms with E-state index < -0.39 is 11.6 Å². The monoisotopic (exact) mass is 438 g/mol. The molecule has 2 aromatic carbocycles. The number of rotatable bonds is 10. The van der Waals surface area contributed by atoms with Crippen LogP contribution in [0.5, 0.6) is 11.5 Å². The number of phenolic OH excluding ortho intramolecular Hbond substituents is 2. The Hall–Kier alpha value is -3.02. The Kier molecular flexibility index (Phi) is 7.44. The maximum atomic E-state index is 13.5. The number of fused-ring (bicyclic) bond motifs is 2. The number of aromatic hydroxyl groups is 2. The van der Waals surface area contributed by atoms with Crippen molar-refractivity contribution in [2.75, 3.05) is 11.5 Å². The Bertz CT molecular complexity index is 964. The van der Waals surface area contributed by atoms with E-state index in [2.05, 4.69) is 13.8 Å². The van der Waals surface area contributed by atoms with E-state index in [9.17, 15) is 19.8 Å². The quantitative estimate of drug-likeness (QED) is 0.194. The second kappa shape index (κ2) is 10.1. The zero-order chi connectivity index (χ0) is 23.4. The van der Waals surface area contributed by atoms with Gasteiger partial charge in [-0.3, -0.25) is 9.59 Å². The summed E-state index contributed by atoms with van der Waals surface area (Å²) in [5, 5.41) is 21.8. The van der Waals surface area contributed by atoms with Crippen molar-refractivity contribution in [1.82, 2.24) is 0 Å². The highest BCUT2D eigenvalue weighted by Gasteiger charge is 2.38. The lowest BCUT2D eigenvalue weighted by atomic mass is 9.79. The average Bonchev–Trinajstić information content (AvgIpc) is 2.76. The number of anilines is 2. The van der Waals surface area contributed by atoms with Gasteiger partial charge in [0, 0.05) is 11.4 Å². The number of phenols is 2. The molecule has 1 aliphatic rings. The first kappa shape index (κ1) is 23.6. The molecule has 32 heavy (non-hydrogen) atoms. The SMILES string of the molecule is CCCCCCc1cc(N)c2c(c1O)C(=O)c1c(O)c(CCCCCC)cc(N)c1C2=O. The number of unbranched alkanes of at least 4 members (excludes halogenated alkanes) is 6. The van der Waals surface area contributed by atoms with Crippen LogP contribution in [0.25, 0.3) is 0 Å². The van der Waals surface area contributed by atoms with E-state index in [-0.39, 0.29) is 45.1 Å². The molecule has 0 radical (unpaired) electrons. The first-order valence-electron chi connectivity index (χ1n) is 11.7. The topological polar surface area (TPSA) is 127 Å². The number of ketones is 2. The molecule has 0 fully saturated rings. The van der Waals surface area contributed by atoms with E-state index in [1.807, 2.05) is 0 Å². The molecular formula is C26H34N2O4. The van der Waals surface area contributed by atoms with Gasteiger partial charge in [0.1, 0.15) is 11.5 Å². The van der Waals surface area contributed by atoms with Gasteiger partial charge in [0.05, 0.1) is 22.3 Å². The lowest BCUT2D eigenvalue weighted by molar-refractivity contribution is 0.0975. The van der Waals surface area contributed by atoms with Crippen LogP contribution >= 0.6 is 0 Å². The number of aryl methyl sites for hydroxylation is 2. The second-order valence-electron chi connectivity index (χ2n) is 8.73. The van der Waals surface area contributed by atoms with Gasteiger partial charge in [-0.25, -0.2) is 0 Å². The van der Waals surface area contributed by atoms with E-state index in [0.29, 0.717) is 24.0 Å². The average molecular weight is 439 g/mol. The zero-order valence-corrected chi connectivity index (χ0v) is 19.1. The van der Waals surface area contributed by atoms with Crippen LogP contribution in [-0.2, 0) is 12.8 Å². The molecule has 6 heteroatoms. The predicted octanol–water partition coefficient (Wildman–Crippen LogP) is 5.28. The lowest BCUT2D eigenvalue weighted by Crippen LogP contribution is -2.25. The van der Waals surface area contributed by atoms with Crippen molar-refractivity contribution in [3.05, 3.63) is 45.5 Å². The minimum atomic E-state index is -0.603. The fourth-order valence-electron chi connectivity index (χ4n) is 4.55. The molecule has 0 heterocycles. The minimum absolute atomic E-state index is 0.0286. The highest BCUT2D eigenvalue weighted by Crippen LogP contribution is 2.44. The van der Waals surface area contributed by atoms with Crippen LogP contribution < -0.4 is 11.5 Å². The minimum Gasteiger partial charge on any atom is -0.507 e. The largest absolute Gasteiger partial charge is 0.507 e. The second-order valence-corrected chi connectivity index (χ2v) is 8.73. The van der Waals surface area contributed by atoms with Gasteiger partial charge in [0.25, 0.3) is 0 Å². The van der Waals surface area contributed by atoms with E-state index in [1.165, 1.54) is 0 Å². The third kappa shape index (κ3) is 4.31. The lowest BCUT2D eigenvalue weighted by Gasteiger charge is -2.24. The molecule has 0 saturated carbocycles. The summed E-state index contributed by atoms with van der Waals surface area (Å²) in [5.74, 6) is -1.58. The third-order valence-electron chi connectivity index (χ3n) is 6.33. The van der Waals surface area contributed by atoms with Crippen molar-refractivity contribution in [2.24, 2.45) is 0 Å². The Balaban J connectivity index is 2.04. The standard InChI is InChI=1S/C26H34N2O4/c1-3-5-7-9-11-15-13-17(27)19-21(23(15)29)26(32)22-20(25(19)31)18(28)14-16(24(22)30)12-10-8-6-4-2/h13-14,29-30H,3-12,27-28H2,1-2H3. The summed E-state index contributed by atoms with van der Waals surface area (Å²) in [4.78, 5) is 26.8. The highest BCUT2D eigenvalue weighted by molar-refractivity contribution is 6.33. The van der Waals surface area contributed by atoms with Gasteiger partial charge in [-0.2, -0.15) is 0 Å². The molecule has 0 saturated heterocycles. The summed E-state index contributed by atoms with van der Waals surface area (Å²) >= 11 is 0. The summed E-state index contributed by atoms with van der Waals surface area (Å²) in [6.07, 6.45) is 9.15. The number of benzene rings is 2. The summed E-state index contributed by atoms with van der Waals surface area (Å²) in [7, 11) is 0. The summed E-state index contributed by atoms with van der Waals surface area (Å²) in [6, 6.07) is 3.16. The molecule has 0 amide bonds. The van der Waals surface area contributed by atoms with Gasteiger partial charge < -0.3 is 21.7 Å². The van der Waals surface area contributed by atoms with Gasteiger partial charge in [-0.1, -0.05) is 52.4 Å². The van der Waals surface area contributed by atoms with Crippen LogP contribution in [-0.4, -0.2) is 21.8 Å². The molecular weight excluding hydrogens is 404 g/mol. The van der Waals surface area contributed by atoms with Crippen LogP contribution in [0.1, 0.15) is 108 Å². The van der Waals surface area contributed by atoms with Crippen LogP contribution in [0.4, 0.5) is 11.4 Å². The molecule has 6 nitrogen and oxygen atoms in total.